The minimum atomic E-state index is -4.89. The van der Waals surface area contributed by atoms with Crippen LogP contribution in [0.1, 0.15) is 59.9 Å². The van der Waals surface area contributed by atoms with Gasteiger partial charge in [-0.3, -0.25) is 0 Å². The molecule has 0 radical (unpaired) electrons. The third-order valence-corrected chi connectivity index (χ3v) is 6.38. The number of hydrogen-bond acceptors (Lipinski definition) is 1. The van der Waals surface area contributed by atoms with E-state index >= 15 is 0 Å². The first-order valence-electron chi connectivity index (χ1n) is 10.7. The molecule has 0 aliphatic heterocycles. The fourth-order valence-corrected chi connectivity index (χ4v) is 4.95. The van der Waals surface area contributed by atoms with Crippen molar-refractivity contribution < 1.29 is 22.3 Å². The van der Waals surface area contributed by atoms with Crippen molar-refractivity contribution >= 4 is 0 Å². The van der Waals surface area contributed by atoms with Gasteiger partial charge in [0.1, 0.15) is 0 Å². The van der Waals surface area contributed by atoms with Gasteiger partial charge in [-0.05, 0) is 96.7 Å². The Balaban J connectivity index is 1.51. The molecule has 0 N–H and O–H groups in total. The maximum absolute atomic E-state index is 14.2. The minimum Gasteiger partial charge on any atom is -0.403 e. The fraction of sp³-hybridized carbons (Fsp3) is 0.440. The molecule has 2 aromatic carbocycles. The van der Waals surface area contributed by atoms with Crippen LogP contribution in [0.5, 0.6) is 5.75 Å². The molecule has 1 nitrogen and oxygen atoms in total. The topological polar surface area (TPSA) is 9.23 Å². The van der Waals surface area contributed by atoms with E-state index in [1.54, 1.807) is 6.07 Å². The summed E-state index contributed by atoms with van der Waals surface area (Å²) in [5, 5.41) is 0. The Morgan fingerprint density at radius 1 is 1.00 bits per heavy atom. The highest BCUT2D eigenvalue weighted by Crippen LogP contribution is 2.39. The smallest absolute Gasteiger partial charge is 0.403 e. The maximum Gasteiger partial charge on any atom is 0.573 e. The van der Waals surface area contributed by atoms with Gasteiger partial charge in [0.15, 0.2) is 11.6 Å². The van der Waals surface area contributed by atoms with Gasteiger partial charge in [0.25, 0.3) is 0 Å². The van der Waals surface area contributed by atoms with Gasteiger partial charge in [-0.15, -0.1) is 13.2 Å². The van der Waals surface area contributed by atoms with Gasteiger partial charge in [0.05, 0.1) is 0 Å². The molecule has 2 aromatic rings. The van der Waals surface area contributed by atoms with Crippen molar-refractivity contribution in [1.29, 1.82) is 0 Å². The summed E-state index contributed by atoms with van der Waals surface area (Å²) in [6.07, 6.45) is 6.74. The average Bonchev–Trinajstić information content (AvgIpc) is 2.72. The van der Waals surface area contributed by atoms with E-state index in [1.165, 1.54) is 34.7 Å². The SMILES string of the molecule is CCC=C[C@H]1CCc2c(ccc3c2CC[C@H](c2ccc(OC(F)(F)F)c(F)c2)C3)C1. The summed E-state index contributed by atoms with van der Waals surface area (Å²) in [6.45, 7) is 2.16. The molecule has 2 atom stereocenters. The zero-order chi connectivity index (χ0) is 21.3. The van der Waals surface area contributed by atoms with Crippen LogP contribution in [0.15, 0.2) is 42.5 Å². The summed E-state index contributed by atoms with van der Waals surface area (Å²) >= 11 is 0. The van der Waals surface area contributed by atoms with Gasteiger partial charge in [-0.1, -0.05) is 37.3 Å². The van der Waals surface area contributed by atoms with E-state index in [4.69, 9.17) is 0 Å². The van der Waals surface area contributed by atoms with Crippen LogP contribution >= 0.6 is 0 Å². The second kappa shape index (κ2) is 8.44. The zero-order valence-corrected chi connectivity index (χ0v) is 17.1. The van der Waals surface area contributed by atoms with E-state index in [-0.39, 0.29) is 5.92 Å². The molecule has 30 heavy (non-hydrogen) atoms. The number of ether oxygens (including phenoxy) is 1. The molecule has 5 heteroatoms. The van der Waals surface area contributed by atoms with Crippen LogP contribution in [-0.4, -0.2) is 6.36 Å². The van der Waals surface area contributed by atoms with Crippen molar-refractivity contribution in [1.82, 2.24) is 0 Å². The molecule has 0 fully saturated rings. The average molecular weight is 418 g/mol. The van der Waals surface area contributed by atoms with Crippen LogP contribution in [0.25, 0.3) is 0 Å². The molecule has 0 bridgehead atoms. The van der Waals surface area contributed by atoms with Gasteiger partial charge >= 0.3 is 6.36 Å². The molecular weight excluding hydrogens is 392 g/mol. The van der Waals surface area contributed by atoms with Crippen molar-refractivity contribution in [3.63, 3.8) is 0 Å². The van der Waals surface area contributed by atoms with Crippen molar-refractivity contribution in [3.8, 4) is 5.75 Å². The highest BCUT2D eigenvalue weighted by atomic mass is 19.4. The highest BCUT2D eigenvalue weighted by Gasteiger charge is 2.33. The number of rotatable bonds is 4. The standard InChI is InChI=1S/C25H26F4O/c1-2-3-4-16-5-10-21-19(13-16)6-7-20-14-17(8-11-22(20)21)18-9-12-24(23(26)15-18)30-25(27,28)29/h3-4,6-7,9,12,15-17H,2,5,8,10-11,13-14H2,1H3/t16-,17-/m0/s1. The van der Waals surface area contributed by atoms with Crippen LogP contribution in [0.3, 0.4) is 0 Å². The third kappa shape index (κ3) is 4.55. The summed E-state index contributed by atoms with van der Waals surface area (Å²) in [7, 11) is 0. The van der Waals surface area contributed by atoms with Crippen molar-refractivity contribution in [2.45, 2.75) is 64.1 Å². The largest absolute Gasteiger partial charge is 0.573 e. The molecular formula is C25H26F4O. The number of allylic oxidation sites excluding steroid dienone is 2. The summed E-state index contributed by atoms with van der Waals surface area (Å²) < 4.78 is 55.0. The van der Waals surface area contributed by atoms with Gasteiger partial charge in [0.2, 0.25) is 0 Å². The van der Waals surface area contributed by atoms with Crippen molar-refractivity contribution in [2.24, 2.45) is 5.92 Å². The molecule has 0 spiro atoms. The Bertz CT molecular complexity index is 945. The molecule has 160 valence electrons. The lowest BCUT2D eigenvalue weighted by molar-refractivity contribution is -0.275. The van der Waals surface area contributed by atoms with E-state index in [2.05, 4.69) is 35.9 Å². The molecule has 4 rings (SSSR count). The summed E-state index contributed by atoms with van der Waals surface area (Å²) in [5.41, 5.74) is 6.41. The van der Waals surface area contributed by atoms with E-state index in [0.29, 0.717) is 5.92 Å². The van der Waals surface area contributed by atoms with Crippen LogP contribution in [0, 0.1) is 11.7 Å². The van der Waals surface area contributed by atoms with Gasteiger partial charge in [0, 0.05) is 0 Å². The first kappa shape index (κ1) is 21.0. The predicted octanol–water partition coefficient (Wildman–Crippen LogP) is 7.07. The van der Waals surface area contributed by atoms with E-state index in [0.717, 1.165) is 50.2 Å². The van der Waals surface area contributed by atoms with E-state index in [9.17, 15) is 17.6 Å². The lowest BCUT2D eigenvalue weighted by atomic mass is 9.74. The molecule has 0 saturated carbocycles. The van der Waals surface area contributed by atoms with Crippen LogP contribution < -0.4 is 4.74 Å². The lowest BCUT2D eigenvalue weighted by Gasteiger charge is -2.31. The normalized spacial score (nSPS) is 21.4. The second-order valence-corrected chi connectivity index (χ2v) is 8.36. The van der Waals surface area contributed by atoms with Crippen LogP contribution in [0.4, 0.5) is 17.6 Å². The van der Waals surface area contributed by atoms with E-state index < -0.39 is 17.9 Å². The van der Waals surface area contributed by atoms with E-state index in [1.807, 2.05) is 0 Å². The molecule has 2 aliphatic carbocycles. The number of hydrogen-bond donors (Lipinski definition) is 0. The summed E-state index contributed by atoms with van der Waals surface area (Å²) in [5.74, 6) is -1.02. The third-order valence-electron chi connectivity index (χ3n) is 6.38. The fourth-order valence-electron chi connectivity index (χ4n) is 4.95. The second-order valence-electron chi connectivity index (χ2n) is 8.36. The Labute approximate surface area is 174 Å². The molecule has 0 unspecified atom stereocenters. The lowest BCUT2D eigenvalue weighted by Crippen LogP contribution is -2.20. The van der Waals surface area contributed by atoms with Crippen molar-refractivity contribution in [2.75, 3.05) is 0 Å². The predicted molar refractivity (Wildman–Crippen MR) is 109 cm³/mol. The number of alkyl halides is 3. The Morgan fingerprint density at radius 3 is 2.37 bits per heavy atom. The molecule has 0 amide bonds. The first-order chi connectivity index (χ1) is 14.3. The van der Waals surface area contributed by atoms with Gasteiger partial charge in [-0.25, -0.2) is 4.39 Å². The number of fused-ring (bicyclic) bond motifs is 3. The molecule has 0 heterocycles. The zero-order valence-electron chi connectivity index (χ0n) is 17.1. The summed E-state index contributed by atoms with van der Waals surface area (Å²) in [6, 6.07) is 8.28. The summed E-state index contributed by atoms with van der Waals surface area (Å²) in [4.78, 5) is 0. The van der Waals surface area contributed by atoms with Crippen molar-refractivity contribution in [3.05, 3.63) is 76.1 Å². The Kier molecular flexibility index (Phi) is 5.90. The van der Waals surface area contributed by atoms with Gasteiger partial charge < -0.3 is 4.74 Å². The van der Waals surface area contributed by atoms with Gasteiger partial charge in [-0.2, -0.15) is 0 Å². The highest BCUT2D eigenvalue weighted by molar-refractivity contribution is 5.46. The minimum absolute atomic E-state index is 0.105. The quantitative estimate of drug-likeness (QED) is 0.381. The molecule has 0 saturated heterocycles. The monoisotopic (exact) mass is 418 g/mol. The van der Waals surface area contributed by atoms with Crippen LogP contribution in [0.2, 0.25) is 0 Å². The maximum atomic E-state index is 14.2. The number of halogens is 4. The number of benzene rings is 2. The first-order valence-corrected chi connectivity index (χ1v) is 10.7. The molecule has 0 aromatic heterocycles. The van der Waals surface area contributed by atoms with Crippen LogP contribution in [-0.2, 0) is 25.7 Å². The molecule has 2 aliphatic rings. The Hall–Kier alpha value is -2.30. The Morgan fingerprint density at radius 2 is 1.70 bits per heavy atom.